The van der Waals surface area contributed by atoms with E-state index in [1.54, 1.807) is 6.20 Å². The van der Waals surface area contributed by atoms with E-state index in [1.165, 1.54) is 57.2 Å². The second-order valence-electron chi connectivity index (χ2n) is 5.89. The lowest BCUT2D eigenvalue weighted by Gasteiger charge is -2.32. The third-order valence-electron chi connectivity index (χ3n) is 4.48. The van der Waals surface area contributed by atoms with Crippen molar-refractivity contribution in [2.75, 3.05) is 0 Å². The van der Waals surface area contributed by atoms with Crippen LogP contribution in [-0.2, 0) is 0 Å². The second-order valence-corrected chi connectivity index (χ2v) is 5.89. The third kappa shape index (κ3) is 4.00. The maximum absolute atomic E-state index is 13.2. The normalized spacial score (nSPS) is 25.2. The number of halogens is 1. The third-order valence-corrected chi connectivity index (χ3v) is 4.48. The van der Waals surface area contributed by atoms with Gasteiger partial charge in [0.1, 0.15) is 5.82 Å². The molecule has 1 fully saturated rings. The van der Waals surface area contributed by atoms with E-state index in [2.05, 4.69) is 11.9 Å². The van der Waals surface area contributed by atoms with Gasteiger partial charge in [-0.15, -0.1) is 0 Å². The van der Waals surface area contributed by atoms with Gasteiger partial charge in [-0.25, -0.2) is 4.39 Å². The van der Waals surface area contributed by atoms with E-state index in [-0.39, 0.29) is 11.9 Å². The van der Waals surface area contributed by atoms with Crippen LogP contribution in [0.25, 0.3) is 0 Å². The van der Waals surface area contributed by atoms with Crippen LogP contribution in [0.15, 0.2) is 18.5 Å². The molecule has 0 amide bonds. The first kappa shape index (κ1) is 14.4. The molecule has 0 saturated heterocycles. The number of nitrogens with zero attached hydrogens (tertiary/aromatic N) is 1. The summed E-state index contributed by atoms with van der Waals surface area (Å²) >= 11 is 0. The fourth-order valence-corrected chi connectivity index (χ4v) is 3.21. The maximum Gasteiger partial charge on any atom is 0.141 e. The summed E-state index contributed by atoms with van der Waals surface area (Å²) in [5.74, 6) is 1.08. The number of hydrogen-bond acceptors (Lipinski definition) is 2. The van der Waals surface area contributed by atoms with E-state index in [0.717, 1.165) is 11.5 Å². The average molecular weight is 264 g/mol. The topological polar surface area (TPSA) is 38.9 Å². The molecule has 0 aliphatic heterocycles. The predicted octanol–water partition coefficient (Wildman–Crippen LogP) is 4.22. The van der Waals surface area contributed by atoms with Crippen molar-refractivity contribution >= 4 is 0 Å². The predicted molar refractivity (Wildman–Crippen MR) is 76.1 cm³/mol. The van der Waals surface area contributed by atoms with Gasteiger partial charge in [0, 0.05) is 12.2 Å². The zero-order valence-electron chi connectivity index (χ0n) is 11.8. The highest BCUT2D eigenvalue weighted by atomic mass is 19.1. The first-order chi connectivity index (χ1) is 9.20. The Labute approximate surface area is 115 Å². The smallest absolute Gasteiger partial charge is 0.141 e. The zero-order valence-corrected chi connectivity index (χ0v) is 11.8. The molecule has 1 atom stereocenters. The molecule has 1 aromatic rings. The van der Waals surface area contributed by atoms with Crippen LogP contribution in [0.5, 0.6) is 0 Å². The Morgan fingerprint density at radius 1 is 1.32 bits per heavy atom. The van der Waals surface area contributed by atoms with E-state index in [1.807, 2.05) is 0 Å². The molecule has 1 heterocycles. The molecule has 3 heteroatoms. The highest BCUT2D eigenvalue weighted by Gasteiger charge is 2.26. The molecule has 19 heavy (non-hydrogen) atoms. The summed E-state index contributed by atoms with van der Waals surface area (Å²) in [5.41, 5.74) is 7.12. The summed E-state index contributed by atoms with van der Waals surface area (Å²) < 4.78 is 13.2. The maximum atomic E-state index is 13.2. The van der Waals surface area contributed by atoms with Gasteiger partial charge in [-0.3, -0.25) is 4.98 Å². The van der Waals surface area contributed by atoms with Crippen LogP contribution < -0.4 is 5.73 Å². The Hall–Kier alpha value is -0.960. The van der Waals surface area contributed by atoms with Gasteiger partial charge in [0.25, 0.3) is 0 Å². The quantitative estimate of drug-likeness (QED) is 0.865. The number of aromatic nitrogens is 1. The summed E-state index contributed by atoms with van der Waals surface area (Å²) in [6, 6.07) is 1.47. The number of nitrogens with two attached hydrogens (primary N) is 1. The molecule has 1 aliphatic carbocycles. The fourth-order valence-electron chi connectivity index (χ4n) is 3.21. The second kappa shape index (κ2) is 6.99. The van der Waals surface area contributed by atoms with Crippen molar-refractivity contribution in [3.8, 4) is 0 Å². The first-order valence-corrected chi connectivity index (χ1v) is 7.56. The van der Waals surface area contributed by atoms with Crippen LogP contribution in [0, 0.1) is 17.7 Å². The molecule has 1 unspecified atom stereocenters. The Morgan fingerprint density at radius 2 is 2.05 bits per heavy atom. The van der Waals surface area contributed by atoms with E-state index in [4.69, 9.17) is 5.73 Å². The van der Waals surface area contributed by atoms with Gasteiger partial charge in [-0.05, 0) is 36.3 Å². The molecule has 0 aromatic carbocycles. The molecule has 0 radical (unpaired) electrons. The van der Waals surface area contributed by atoms with Gasteiger partial charge in [0.15, 0.2) is 0 Å². The van der Waals surface area contributed by atoms with Gasteiger partial charge in [-0.2, -0.15) is 0 Å². The molecule has 106 valence electrons. The number of pyridine rings is 1. The van der Waals surface area contributed by atoms with Crippen molar-refractivity contribution in [3.63, 3.8) is 0 Å². The van der Waals surface area contributed by atoms with Crippen molar-refractivity contribution in [2.24, 2.45) is 17.6 Å². The first-order valence-electron chi connectivity index (χ1n) is 7.56. The minimum absolute atomic E-state index is 0.0599. The number of rotatable bonds is 5. The molecule has 2 N–H and O–H groups in total. The van der Waals surface area contributed by atoms with Crippen LogP contribution >= 0.6 is 0 Å². The Balaban J connectivity index is 1.87. The largest absolute Gasteiger partial charge is 0.324 e. The molecule has 0 bridgehead atoms. The van der Waals surface area contributed by atoms with Crippen LogP contribution in [-0.4, -0.2) is 4.98 Å². The summed E-state index contributed by atoms with van der Waals surface area (Å²) in [6.07, 6.45) is 11.8. The monoisotopic (exact) mass is 264 g/mol. The van der Waals surface area contributed by atoms with Crippen LogP contribution in [0.4, 0.5) is 4.39 Å². The SMILES string of the molecule is CCCCC1CCC(C(N)c2cncc(F)c2)CC1. The van der Waals surface area contributed by atoms with Gasteiger partial charge in [-0.1, -0.05) is 39.0 Å². The molecular formula is C16H25FN2. The van der Waals surface area contributed by atoms with Crippen molar-refractivity contribution in [1.82, 2.24) is 4.98 Å². The summed E-state index contributed by atoms with van der Waals surface area (Å²) in [4.78, 5) is 3.90. The van der Waals surface area contributed by atoms with E-state index >= 15 is 0 Å². The molecular weight excluding hydrogens is 239 g/mol. The molecule has 0 spiro atoms. The molecule has 2 nitrogen and oxygen atoms in total. The van der Waals surface area contributed by atoms with E-state index in [9.17, 15) is 4.39 Å². The van der Waals surface area contributed by atoms with Crippen LogP contribution in [0.1, 0.15) is 63.5 Å². The average Bonchev–Trinajstić information content (AvgIpc) is 2.45. The van der Waals surface area contributed by atoms with Crippen molar-refractivity contribution in [1.29, 1.82) is 0 Å². The van der Waals surface area contributed by atoms with Gasteiger partial charge < -0.3 is 5.73 Å². The molecule has 1 aromatic heterocycles. The van der Waals surface area contributed by atoms with Gasteiger partial charge >= 0.3 is 0 Å². The summed E-state index contributed by atoms with van der Waals surface area (Å²) in [6.45, 7) is 2.25. The Morgan fingerprint density at radius 3 is 2.68 bits per heavy atom. The van der Waals surface area contributed by atoms with Crippen molar-refractivity contribution < 1.29 is 4.39 Å². The highest BCUT2D eigenvalue weighted by Crippen LogP contribution is 2.37. The minimum Gasteiger partial charge on any atom is -0.324 e. The van der Waals surface area contributed by atoms with Crippen molar-refractivity contribution in [2.45, 2.75) is 57.9 Å². The van der Waals surface area contributed by atoms with Gasteiger partial charge in [0.2, 0.25) is 0 Å². The lowest BCUT2D eigenvalue weighted by molar-refractivity contribution is 0.232. The fraction of sp³-hybridized carbons (Fsp3) is 0.688. The van der Waals surface area contributed by atoms with E-state index in [0.29, 0.717) is 5.92 Å². The lowest BCUT2D eigenvalue weighted by Crippen LogP contribution is -2.26. The number of hydrogen-bond donors (Lipinski definition) is 1. The summed E-state index contributed by atoms with van der Waals surface area (Å²) in [5, 5.41) is 0. The standard InChI is InChI=1S/C16H25FN2/c1-2-3-4-12-5-7-13(8-6-12)16(18)14-9-15(17)11-19-10-14/h9-13,16H,2-8,18H2,1H3. The van der Waals surface area contributed by atoms with Gasteiger partial charge in [0.05, 0.1) is 6.20 Å². The molecule has 2 rings (SSSR count). The molecule has 1 aliphatic rings. The lowest BCUT2D eigenvalue weighted by atomic mass is 9.76. The van der Waals surface area contributed by atoms with Crippen LogP contribution in [0.3, 0.4) is 0 Å². The Kier molecular flexibility index (Phi) is 5.32. The zero-order chi connectivity index (χ0) is 13.7. The van der Waals surface area contributed by atoms with E-state index < -0.39 is 0 Å². The summed E-state index contributed by atoms with van der Waals surface area (Å²) in [7, 11) is 0. The van der Waals surface area contributed by atoms with Crippen LogP contribution in [0.2, 0.25) is 0 Å². The van der Waals surface area contributed by atoms with Crippen molar-refractivity contribution in [3.05, 3.63) is 29.8 Å². The highest BCUT2D eigenvalue weighted by molar-refractivity contribution is 5.15. The number of unbranched alkanes of at least 4 members (excludes halogenated alkanes) is 1. The molecule has 1 saturated carbocycles. The minimum atomic E-state index is -0.287. The Bertz CT molecular complexity index is 386.